The Morgan fingerprint density at radius 2 is 1.81 bits per heavy atom. The van der Waals surface area contributed by atoms with E-state index in [4.69, 9.17) is 5.73 Å². The number of rotatable bonds is 6. The summed E-state index contributed by atoms with van der Waals surface area (Å²) in [6.07, 6.45) is 0.961. The molecule has 0 heterocycles. The number of nitrogens with two attached hydrogens (primary N) is 1. The van der Waals surface area contributed by atoms with Gasteiger partial charge in [-0.05, 0) is 17.4 Å². The van der Waals surface area contributed by atoms with Crippen molar-refractivity contribution in [1.29, 1.82) is 0 Å². The Kier molecular flexibility index (Phi) is 6.21. The summed E-state index contributed by atoms with van der Waals surface area (Å²) in [6.45, 7) is 6.65. The lowest BCUT2D eigenvalue weighted by atomic mass is 9.85. The largest absolute Gasteiger partial charge is 0.370 e. The van der Waals surface area contributed by atoms with E-state index < -0.39 is 5.91 Å². The number of carbonyl (C=O) groups excluding carboxylic acids is 2. The molecule has 1 rings (SSSR count). The predicted octanol–water partition coefficient (Wildman–Crippen LogP) is 2.34. The Morgan fingerprint density at radius 1 is 1.19 bits per heavy atom. The standard InChI is InChI=1S/C16H25N3O2/c1-16(2,3)11-13(12-7-5-4-6-8-12)19-15(21)18-10-9-14(17)20/h4-8,13H,9-11H2,1-3H3,(H2,17,20)(H2,18,19,21). The molecule has 21 heavy (non-hydrogen) atoms. The molecule has 0 aliphatic rings. The van der Waals surface area contributed by atoms with Crippen LogP contribution in [0.4, 0.5) is 4.79 Å². The van der Waals surface area contributed by atoms with Crippen LogP contribution in [0.15, 0.2) is 30.3 Å². The minimum atomic E-state index is -0.426. The summed E-state index contributed by atoms with van der Waals surface area (Å²) in [5, 5.41) is 5.61. The van der Waals surface area contributed by atoms with Gasteiger partial charge in [-0.25, -0.2) is 4.79 Å². The summed E-state index contributed by atoms with van der Waals surface area (Å²) in [4.78, 5) is 22.6. The van der Waals surface area contributed by atoms with Gasteiger partial charge in [-0.15, -0.1) is 0 Å². The first-order valence-electron chi connectivity index (χ1n) is 7.15. The second-order valence-corrected chi connectivity index (χ2v) is 6.34. The van der Waals surface area contributed by atoms with Gasteiger partial charge in [0.15, 0.2) is 0 Å². The van der Waals surface area contributed by atoms with E-state index in [-0.39, 0.29) is 30.5 Å². The number of urea groups is 1. The maximum atomic E-state index is 11.9. The summed E-state index contributed by atoms with van der Waals surface area (Å²) in [7, 11) is 0. The lowest BCUT2D eigenvalue weighted by molar-refractivity contribution is -0.117. The maximum Gasteiger partial charge on any atom is 0.315 e. The smallest absolute Gasteiger partial charge is 0.315 e. The van der Waals surface area contributed by atoms with Crippen molar-refractivity contribution in [1.82, 2.24) is 10.6 Å². The second kappa shape index (κ2) is 7.67. The lowest BCUT2D eigenvalue weighted by Gasteiger charge is -2.27. The molecule has 1 aromatic rings. The van der Waals surface area contributed by atoms with Crippen LogP contribution in [0.2, 0.25) is 0 Å². The van der Waals surface area contributed by atoms with Crippen LogP contribution in [0, 0.1) is 5.41 Å². The SMILES string of the molecule is CC(C)(C)CC(NC(=O)NCCC(N)=O)c1ccccc1. The summed E-state index contributed by atoms with van der Waals surface area (Å²) < 4.78 is 0. The van der Waals surface area contributed by atoms with Gasteiger partial charge in [0.1, 0.15) is 0 Å². The van der Waals surface area contributed by atoms with Gasteiger partial charge in [0.25, 0.3) is 0 Å². The first-order chi connectivity index (χ1) is 9.78. The zero-order chi connectivity index (χ0) is 15.9. The first-order valence-corrected chi connectivity index (χ1v) is 7.15. The van der Waals surface area contributed by atoms with E-state index in [2.05, 4.69) is 31.4 Å². The van der Waals surface area contributed by atoms with Crippen molar-refractivity contribution < 1.29 is 9.59 Å². The van der Waals surface area contributed by atoms with Gasteiger partial charge in [-0.1, -0.05) is 51.1 Å². The molecule has 0 aliphatic carbocycles. The zero-order valence-electron chi connectivity index (χ0n) is 13.0. The molecule has 0 aliphatic heterocycles. The van der Waals surface area contributed by atoms with Crippen LogP contribution >= 0.6 is 0 Å². The molecule has 4 N–H and O–H groups in total. The van der Waals surface area contributed by atoms with Gasteiger partial charge in [-0.2, -0.15) is 0 Å². The Morgan fingerprint density at radius 3 is 2.33 bits per heavy atom. The Bertz CT molecular complexity index is 466. The molecule has 0 saturated heterocycles. The van der Waals surface area contributed by atoms with Crippen molar-refractivity contribution >= 4 is 11.9 Å². The molecule has 5 heteroatoms. The molecular weight excluding hydrogens is 266 g/mol. The van der Waals surface area contributed by atoms with Crippen molar-refractivity contribution in [3.63, 3.8) is 0 Å². The average molecular weight is 291 g/mol. The predicted molar refractivity (Wildman–Crippen MR) is 83.6 cm³/mol. The molecule has 0 bridgehead atoms. The minimum Gasteiger partial charge on any atom is -0.370 e. The van der Waals surface area contributed by atoms with Gasteiger partial charge < -0.3 is 16.4 Å². The van der Waals surface area contributed by atoms with Crippen LogP contribution < -0.4 is 16.4 Å². The highest BCUT2D eigenvalue weighted by Gasteiger charge is 2.21. The number of primary amides is 1. The van der Waals surface area contributed by atoms with Gasteiger partial charge in [-0.3, -0.25) is 4.79 Å². The molecule has 0 aromatic heterocycles. The molecule has 1 aromatic carbocycles. The number of amides is 3. The average Bonchev–Trinajstić information content (AvgIpc) is 2.37. The van der Waals surface area contributed by atoms with E-state index in [1.807, 2.05) is 30.3 Å². The zero-order valence-corrected chi connectivity index (χ0v) is 13.0. The van der Waals surface area contributed by atoms with Crippen LogP contribution in [0.5, 0.6) is 0 Å². The Hall–Kier alpha value is -2.04. The van der Waals surface area contributed by atoms with E-state index in [1.54, 1.807) is 0 Å². The van der Waals surface area contributed by atoms with Crippen molar-refractivity contribution in [3.05, 3.63) is 35.9 Å². The maximum absolute atomic E-state index is 11.9. The fourth-order valence-electron chi connectivity index (χ4n) is 2.06. The molecular formula is C16H25N3O2. The monoisotopic (exact) mass is 291 g/mol. The normalized spacial score (nSPS) is 12.5. The molecule has 0 spiro atoms. The summed E-state index contributed by atoms with van der Waals surface area (Å²) in [5.41, 5.74) is 6.20. The highest BCUT2D eigenvalue weighted by atomic mass is 16.2. The number of nitrogens with one attached hydrogen (secondary N) is 2. The van der Waals surface area contributed by atoms with Crippen molar-refractivity contribution in [2.45, 2.75) is 39.7 Å². The van der Waals surface area contributed by atoms with Crippen LogP contribution in [0.3, 0.4) is 0 Å². The van der Waals surface area contributed by atoms with Crippen LogP contribution in [-0.2, 0) is 4.79 Å². The van der Waals surface area contributed by atoms with Crippen molar-refractivity contribution in [3.8, 4) is 0 Å². The molecule has 116 valence electrons. The molecule has 1 atom stereocenters. The van der Waals surface area contributed by atoms with Gasteiger partial charge in [0.05, 0.1) is 6.04 Å². The Labute approximate surface area is 126 Å². The molecule has 0 radical (unpaired) electrons. The van der Waals surface area contributed by atoms with Crippen LogP contribution in [0.1, 0.15) is 45.2 Å². The lowest BCUT2D eigenvalue weighted by Crippen LogP contribution is -2.40. The van der Waals surface area contributed by atoms with E-state index in [0.29, 0.717) is 0 Å². The number of carbonyl (C=O) groups is 2. The minimum absolute atomic E-state index is 0.0696. The third-order valence-corrected chi connectivity index (χ3v) is 2.98. The highest BCUT2D eigenvalue weighted by Crippen LogP contribution is 2.29. The second-order valence-electron chi connectivity index (χ2n) is 6.34. The van der Waals surface area contributed by atoms with E-state index >= 15 is 0 Å². The highest BCUT2D eigenvalue weighted by molar-refractivity contribution is 5.77. The molecule has 0 fully saturated rings. The summed E-state index contributed by atoms with van der Waals surface area (Å²) >= 11 is 0. The molecule has 1 unspecified atom stereocenters. The molecule has 5 nitrogen and oxygen atoms in total. The summed E-state index contributed by atoms with van der Waals surface area (Å²) in [5.74, 6) is -0.426. The van der Waals surface area contributed by atoms with Gasteiger partial charge in [0, 0.05) is 13.0 Å². The quantitative estimate of drug-likeness (QED) is 0.751. The molecule has 0 saturated carbocycles. The number of benzene rings is 1. The van der Waals surface area contributed by atoms with Crippen LogP contribution in [-0.4, -0.2) is 18.5 Å². The number of hydrogen-bond donors (Lipinski definition) is 3. The fraction of sp³-hybridized carbons (Fsp3) is 0.500. The third kappa shape index (κ3) is 7.34. The van der Waals surface area contributed by atoms with Crippen LogP contribution in [0.25, 0.3) is 0 Å². The fourth-order valence-corrected chi connectivity index (χ4v) is 2.06. The van der Waals surface area contributed by atoms with Crippen molar-refractivity contribution in [2.75, 3.05) is 6.54 Å². The van der Waals surface area contributed by atoms with Crippen molar-refractivity contribution in [2.24, 2.45) is 11.1 Å². The van der Waals surface area contributed by atoms with Gasteiger partial charge >= 0.3 is 6.03 Å². The third-order valence-electron chi connectivity index (χ3n) is 2.98. The van der Waals surface area contributed by atoms with Gasteiger partial charge in [0.2, 0.25) is 5.91 Å². The van der Waals surface area contributed by atoms with E-state index in [1.165, 1.54) is 0 Å². The summed E-state index contributed by atoms with van der Waals surface area (Å²) in [6, 6.07) is 9.51. The topological polar surface area (TPSA) is 84.2 Å². The van der Waals surface area contributed by atoms with E-state index in [0.717, 1.165) is 12.0 Å². The Balaban J connectivity index is 2.65. The van der Waals surface area contributed by atoms with E-state index in [9.17, 15) is 9.59 Å². The first kappa shape index (κ1) is 17.0. The molecule has 3 amide bonds. The number of hydrogen-bond acceptors (Lipinski definition) is 2.